The molecule has 0 fully saturated rings. The van der Waals surface area contributed by atoms with E-state index in [0.717, 1.165) is 15.6 Å². The molecular formula is C14H13BrClFN2. The Bertz CT molecular complexity index is 577. The monoisotopic (exact) mass is 342 g/mol. The zero-order valence-electron chi connectivity index (χ0n) is 10.3. The molecule has 1 N–H and O–H groups in total. The summed E-state index contributed by atoms with van der Waals surface area (Å²) in [5.74, 6) is -0.257. The Hall–Kier alpha value is -0.970. The summed E-state index contributed by atoms with van der Waals surface area (Å²) in [6, 6.07) is 6.64. The minimum atomic E-state index is -0.257. The molecule has 1 unspecified atom stereocenters. The Morgan fingerprint density at radius 3 is 2.84 bits per heavy atom. The smallest absolute Gasteiger partial charge is 0.124 e. The van der Waals surface area contributed by atoms with Gasteiger partial charge in [-0.05, 0) is 42.8 Å². The van der Waals surface area contributed by atoms with Crippen LogP contribution < -0.4 is 5.32 Å². The highest BCUT2D eigenvalue weighted by Crippen LogP contribution is 2.28. The van der Waals surface area contributed by atoms with Crippen LogP contribution in [0.1, 0.15) is 17.2 Å². The second-order valence-corrected chi connectivity index (χ2v) is 5.44. The lowest BCUT2D eigenvalue weighted by molar-refractivity contribution is 0.583. The number of aromatic nitrogens is 1. The van der Waals surface area contributed by atoms with Crippen molar-refractivity contribution in [2.45, 2.75) is 12.5 Å². The van der Waals surface area contributed by atoms with E-state index in [0.29, 0.717) is 11.4 Å². The lowest BCUT2D eigenvalue weighted by atomic mass is 9.99. The van der Waals surface area contributed by atoms with Gasteiger partial charge in [0.05, 0.1) is 5.02 Å². The Morgan fingerprint density at radius 1 is 1.42 bits per heavy atom. The zero-order chi connectivity index (χ0) is 13.8. The van der Waals surface area contributed by atoms with Gasteiger partial charge in [-0.3, -0.25) is 4.98 Å². The van der Waals surface area contributed by atoms with Gasteiger partial charge < -0.3 is 5.32 Å². The summed E-state index contributed by atoms with van der Waals surface area (Å²) in [5, 5.41) is 3.86. The number of likely N-dealkylation sites (N-methyl/N-ethyl adjacent to an activating group) is 1. The van der Waals surface area contributed by atoms with Crippen molar-refractivity contribution < 1.29 is 4.39 Å². The summed E-state index contributed by atoms with van der Waals surface area (Å²) < 4.78 is 13.9. The summed E-state index contributed by atoms with van der Waals surface area (Å²) >= 11 is 9.51. The number of nitrogens with one attached hydrogen (secondary N) is 1. The van der Waals surface area contributed by atoms with Gasteiger partial charge in [-0.25, -0.2) is 4.39 Å². The SMILES string of the molecule is CNC(Cc1ccncc1Cl)c1ccc(F)cc1Br. The third-order valence-electron chi connectivity index (χ3n) is 2.97. The van der Waals surface area contributed by atoms with Crippen LogP contribution in [-0.2, 0) is 6.42 Å². The lowest BCUT2D eigenvalue weighted by Crippen LogP contribution is -2.19. The highest BCUT2D eigenvalue weighted by atomic mass is 79.9. The average molecular weight is 344 g/mol. The van der Waals surface area contributed by atoms with Crippen LogP contribution in [0.2, 0.25) is 5.02 Å². The van der Waals surface area contributed by atoms with E-state index in [1.807, 2.05) is 13.1 Å². The van der Waals surface area contributed by atoms with Crippen molar-refractivity contribution in [1.29, 1.82) is 0 Å². The second kappa shape index (κ2) is 6.46. The molecule has 1 aromatic carbocycles. The molecule has 2 aromatic rings. The van der Waals surface area contributed by atoms with Crippen molar-refractivity contribution in [2.75, 3.05) is 7.05 Å². The van der Waals surface area contributed by atoms with Crippen LogP contribution in [0.4, 0.5) is 4.39 Å². The lowest BCUT2D eigenvalue weighted by Gasteiger charge is -2.19. The van der Waals surface area contributed by atoms with Crippen LogP contribution >= 0.6 is 27.5 Å². The molecule has 1 aromatic heterocycles. The molecule has 0 spiro atoms. The Kier molecular flexibility index (Phi) is 4.91. The molecule has 2 rings (SSSR count). The molecule has 0 aliphatic carbocycles. The molecule has 0 radical (unpaired) electrons. The topological polar surface area (TPSA) is 24.9 Å². The third kappa shape index (κ3) is 3.53. The molecule has 0 saturated carbocycles. The Morgan fingerprint density at radius 2 is 2.21 bits per heavy atom. The molecule has 0 amide bonds. The highest BCUT2D eigenvalue weighted by molar-refractivity contribution is 9.10. The number of hydrogen-bond donors (Lipinski definition) is 1. The number of pyridine rings is 1. The number of rotatable bonds is 4. The number of nitrogens with zero attached hydrogens (tertiary/aromatic N) is 1. The normalized spacial score (nSPS) is 12.4. The Labute approximate surface area is 125 Å². The molecular weight excluding hydrogens is 331 g/mol. The van der Waals surface area contributed by atoms with Gasteiger partial charge in [0.15, 0.2) is 0 Å². The maximum absolute atomic E-state index is 13.1. The molecule has 0 saturated heterocycles. The molecule has 5 heteroatoms. The van der Waals surface area contributed by atoms with Crippen molar-refractivity contribution in [2.24, 2.45) is 0 Å². The molecule has 1 heterocycles. The van der Waals surface area contributed by atoms with Gasteiger partial charge in [-0.15, -0.1) is 0 Å². The van der Waals surface area contributed by atoms with E-state index in [1.54, 1.807) is 18.5 Å². The van der Waals surface area contributed by atoms with Crippen molar-refractivity contribution in [3.8, 4) is 0 Å². The van der Waals surface area contributed by atoms with Gasteiger partial charge >= 0.3 is 0 Å². The van der Waals surface area contributed by atoms with Gasteiger partial charge in [0.1, 0.15) is 5.82 Å². The molecule has 0 bridgehead atoms. The predicted octanol–water partition coefficient (Wildman–Crippen LogP) is 4.14. The zero-order valence-corrected chi connectivity index (χ0v) is 12.7. The van der Waals surface area contributed by atoms with E-state index in [1.165, 1.54) is 12.1 Å². The second-order valence-electron chi connectivity index (χ2n) is 4.18. The first kappa shape index (κ1) is 14.4. The van der Waals surface area contributed by atoms with Crippen LogP contribution in [0, 0.1) is 5.82 Å². The standard InChI is InChI=1S/C14H13BrClFN2/c1-18-14(6-9-4-5-19-8-13(9)16)11-3-2-10(17)7-12(11)15/h2-5,7-8,14,18H,6H2,1H3. The first-order valence-electron chi connectivity index (χ1n) is 5.82. The Balaban J connectivity index is 2.28. The summed E-state index contributed by atoms with van der Waals surface area (Å²) in [5.41, 5.74) is 2.00. The molecule has 0 aliphatic heterocycles. The minimum Gasteiger partial charge on any atom is -0.313 e. The average Bonchev–Trinajstić information content (AvgIpc) is 2.39. The summed E-state index contributed by atoms with van der Waals surface area (Å²) in [6.45, 7) is 0. The van der Waals surface area contributed by atoms with Gasteiger partial charge in [0, 0.05) is 22.9 Å². The van der Waals surface area contributed by atoms with Gasteiger partial charge in [-0.1, -0.05) is 33.6 Å². The van der Waals surface area contributed by atoms with Crippen LogP contribution in [0.3, 0.4) is 0 Å². The van der Waals surface area contributed by atoms with E-state index in [-0.39, 0.29) is 11.9 Å². The van der Waals surface area contributed by atoms with E-state index in [2.05, 4.69) is 26.2 Å². The van der Waals surface area contributed by atoms with E-state index in [4.69, 9.17) is 11.6 Å². The maximum Gasteiger partial charge on any atom is 0.124 e. The van der Waals surface area contributed by atoms with Crippen LogP contribution in [0.15, 0.2) is 41.1 Å². The highest BCUT2D eigenvalue weighted by Gasteiger charge is 2.15. The number of hydrogen-bond acceptors (Lipinski definition) is 2. The van der Waals surface area contributed by atoms with Crippen LogP contribution in [0.5, 0.6) is 0 Å². The molecule has 2 nitrogen and oxygen atoms in total. The van der Waals surface area contributed by atoms with Crippen LogP contribution in [-0.4, -0.2) is 12.0 Å². The molecule has 1 atom stereocenters. The van der Waals surface area contributed by atoms with Gasteiger partial charge in [0.25, 0.3) is 0 Å². The van der Waals surface area contributed by atoms with E-state index in [9.17, 15) is 4.39 Å². The molecule has 100 valence electrons. The minimum absolute atomic E-state index is 0.0508. The fraction of sp³-hybridized carbons (Fsp3) is 0.214. The van der Waals surface area contributed by atoms with Gasteiger partial charge in [0.2, 0.25) is 0 Å². The van der Waals surface area contributed by atoms with Crippen molar-refractivity contribution in [3.05, 3.63) is 63.1 Å². The fourth-order valence-electron chi connectivity index (χ4n) is 1.94. The summed E-state index contributed by atoms with van der Waals surface area (Å²) in [4.78, 5) is 3.97. The fourth-order valence-corrected chi connectivity index (χ4v) is 2.76. The molecule has 19 heavy (non-hydrogen) atoms. The van der Waals surface area contributed by atoms with Crippen molar-refractivity contribution in [3.63, 3.8) is 0 Å². The number of halogens is 3. The third-order valence-corrected chi connectivity index (χ3v) is 3.99. The van der Waals surface area contributed by atoms with Crippen molar-refractivity contribution >= 4 is 27.5 Å². The summed E-state index contributed by atoms with van der Waals surface area (Å²) in [6.07, 6.45) is 4.05. The van der Waals surface area contributed by atoms with Crippen LogP contribution in [0.25, 0.3) is 0 Å². The van der Waals surface area contributed by atoms with Crippen molar-refractivity contribution in [1.82, 2.24) is 10.3 Å². The number of benzene rings is 1. The van der Waals surface area contributed by atoms with E-state index >= 15 is 0 Å². The maximum atomic E-state index is 13.1. The molecule has 0 aliphatic rings. The first-order chi connectivity index (χ1) is 9.11. The quantitative estimate of drug-likeness (QED) is 0.902. The predicted molar refractivity (Wildman–Crippen MR) is 78.9 cm³/mol. The summed E-state index contributed by atoms with van der Waals surface area (Å²) in [7, 11) is 1.87. The van der Waals surface area contributed by atoms with E-state index < -0.39 is 0 Å². The largest absolute Gasteiger partial charge is 0.313 e. The van der Waals surface area contributed by atoms with Gasteiger partial charge in [-0.2, -0.15) is 0 Å². The first-order valence-corrected chi connectivity index (χ1v) is 6.99.